The highest BCUT2D eigenvalue weighted by molar-refractivity contribution is 5.81. The minimum atomic E-state index is -0.0491. The van der Waals surface area contributed by atoms with Crippen LogP contribution in [-0.2, 0) is 16.1 Å². The first-order chi connectivity index (χ1) is 14.2. The van der Waals surface area contributed by atoms with Gasteiger partial charge in [0.2, 0.25) is 11.8 Å². The Labute approximate surface area is 170 Å². The number of rotatable bonds is 6. The van der Waals surface area contributed by atoms with Gasteiger partial charge in [-0.1, -0.05) is 12.1 Å². The van der Waals surface area contributed by atoms with E-state index in [4.69, 9.17) is 0 Å². The fraction of sp³-hybridized carbons (Fsp3) is 0.429. The molecule has 0 unspecified atom stereocenters. The molecule has 0 radical (unpaired) electrons. The van der Waals surface area contributed by atoms with Crippen LogP contribution in [0.15, 0.2) is 42.7 Å². The number of pyridine rings is 2. The number of piperazine rings is 1. The van der Waals surface area contributed by atoms with Crippen molar-refractivity contribution in [2.45, 2.75) is 31.8 Å². The van der Waals surface area contributed by atoms with E-state index >= 15 is 0 Å². The second-order valence-corrected chi connectivity index (χ2v) is 7.43. The summed E-state index contributed by atoms with van der Waals surface area (Å²) >= 11 is 0. The number of carbonyl (C=O) groups is 2. The Morgan fingerprint density at radius 3 is 2.59 bits per heavy atom. The van der Waals surface area contributed by atoms with Crippen molar-refractivity contribution in [3.05, 3.63) is 48.3 Å². The molecule has 2 amide bonds. The summed E-state index contributed by atoms with van der Waals surface area (Å²) in [7, 11) is 0. The summed E-state index contributed by atoms with van der Waals surface area (Å²) in [4.78, 5) is 37.1. The largest absolute Gasteiger partial charge is 0.353 e. The molecule has 2 fully saturated rings. The highest BCUT2D eigenvalue weighted by atomic mass is 16.2. The molecule has 2 saturated heterocycles. The predicted molar refractivity (Wildman–Crippen MR) is 111 cm³/mol. The highest BCUT2D eigenvalue weighted by Gasteiger charge is 2.24. The molecule has 2 aliphatic rings. The molecule has 0 bridgehead atoms. The molecule has 8 nitrogen and oxygen atoms in total. The maximum atomic E-state index is 12.3. The molecule has 2 aliphatic heterocycles. The van der Waals surface area contributed by atoms with E-state index in [1.165, 1.54) is 0 Å². The zero-order valence-electron chi connectivity index (χ0n) is 16.4. The van der Waals surface area contributed by atoms with Gasteiger partial charge in [0.15, 0.2) is 0 Å². The van der Waals surface area contributed by atoms with E-state index in [1.54, 1.807) is 6.20 Å². The average molecular weight is 394 g/mol. The summed E-state index contributed by atoms with van der Waals surface area (Å²) in [6, 6.07) is 9.82. The lowest BCUT2D eigenvalue weighted by Gasteiger charge is -2.36. The second-order valence-electron chi connectivity index (χ2n) is 7.43. The summed E-state index contributed by atoms with van der Waals surface area (Å²) in [6.07, 6.45) is 5.17. The van der Waals surface area contributed by atoms with Crippen molar-refractivity contribution in [2.24, 2.45) is 0 Å². The number of hydrogen-bond donors (Lipinski definition) is 2. The molecular weight excluding hydrogens is 368 g/mol. The van der Waals surface area contributed by atoms with Gasteiger partial charge in [-0.3, -0.25) is 9.59 Å². The second kappa shape index (κ2) is 8.89. The fourth-order valence-corrected chi connectivity index (χ4v) is 3.86. The number of anilines is 2. The third-order valence-corrected chi connectivity index (χ3v) is 5.41. The van der Waals surface area contributed by atoms with Gasteiger partial charge in [-0.2, -0.15) is 0 Å². The Morgan fingerprint density at radius 1 is 1.07 bits per heavy atom. The first-order valence-electron chi connectivity index (χ1n) is 10.1. The minimum absolute atomic E-state index is 0.0298. The molecule has 4 rings (SSSR count). The van der Waals surface area contributed by atoms with Gasteiger partial charge in [0.25, 0.3) is 0 Å². The van der Waals surface area contributed by atoms with Gasteiger partial charge in [-0.15, -0.1) is 0 Å². The normalized spacial score (nSPS) is 19.2. The zero-order chi connectivity index (χ0) is 20.1. The van der Waals surface area contributed by atoms with Crippen molar-refractivity contribution < 1.29 is 9.59 Å². The van der Waals surface area contributed by atoms with Crippen LogP contribution < -0.4 is 20.4 Å². The average Bonchev–Trinajstić information content (AvgIpc) is 3.17. The van der Waals surface area contributed by atoms with Crippen LogP contribution in [0, 0.1) is 0 Å². The molecule has 0 spiro atoms. The van der Waals surface area contributed by atoms with Crippen LogP contribution in [0.4, 0.5) is 11.6 Å². The molecule has 4 heterocycles. The lowest BCUT2D eigenvalue weighted by atomic mass is 10.1. The van der Waals surface area contributed by atoms with Crippen LogP contribution in [0.1, 0.15) is 24.8 Å². The summed E-state index contributed by atoms with van der Waals surface area (Å²) in [5.41, 5.74) is 1.00. The van der Waals surface area contributed by atoms with Crippen molar-refractivity contribution in [1.29, 1.82) is 0 Å². The highest BCUT2D eigenvalue weighted by Crippen LogP contribution is 2.21. The molecule has 0 aromatic carbocycles. The topological polar surface area (TPSA) is 90.5 Å². The van der Waals surface area contributed by atoms with Gasteiger partial charge in [0.05, 0.1) is 0 Å². The van der Waals surface area contributed by atoms with E-state index in [1.807, 2.05) is 36.5 Å². The molecule has 0 saturated carbocycles. The molecule has 2 aromatic rings. The first kappa shape index (κ1) is 19.2. The van der Waals surface area contributed by atoms with Crippen LogP contribution in [-0.4, -0.2) is 54.0 Å². The van der Waals surface area contributed by atoms with E-state index in [0.29, 0.717) is 19.4 Å². The SMILES string of the molecule is O=C(C[C@H]1CCC(=O)N1)NCc1cccnc1N1CCN(c2ccccn2)CC1. The summed E-state index contributed by atoms with van der Waals surface area (Å²) in [5.74, 6) is 1.90. The number of aromatic nitrogens is 2. The Hall–Kier alpha value is -3.16. The Morgan fingerprint density at radius 2 is 1.86 bits per heavy atom. The van der Waals surface area contributed by atoms with Gasteiger partial charge in [-0.25, -0.2) is 9.97 Å². The molecule has 2 aromatic heterocycles. The van der Waals surface area contributed by atoms with Crippen molar-refractivity contribution in [3.8, 4) is 0 Å². The Balaban J connectivity index is 1.32. The van der Waals surface area contributed by atoms with E-state index in [2.05, 4.69) is 30.4 Å². The van der Waals surface area contributed by atoms with Crippen molar-refractivity contribution >= 4 is 23.5 Å². The lowest BCUT2D eigenvalue weighted by Crippen LogP contribution is -2.47. The summed E-state index contributed by atoms with van der Waals surface area (Å²) in [5, 5.41) is 5.81. The molecule has 8 heteroatoms. The molecule has 29 heavy (non-hydrogen) atoms. The number of amides is 2. The van der Waals surface area contributed by atoms with E-state index in [0.717, 1.165) is 49.8 Å². The molecule has 1 atom stereocenters. The maximum absolute atomic E-state index is 12.3. The monoisotopic (exact) mass is 394 g/mol. The number of carbonyl (C=O) groups excluding carboxylic acids is 2. The van der Waals surface area contributed by atoms with Crippen molar-refractivity contribution in [3.63, 3.8) is 0 Å². The van der Waals surface area contributed by atoms with Gasteiger partial charge >= 0.3 is 0 Å². The smallest absolute Gasteiger partial charge is 0.222 e. The van der Waals surface area contributed by atoms with E-state index < -0.39 is 0 Å². The summed E-state index contributed by atoms with van der Waals surface area (Å²) < 4.78 is 0. The maximum Gasteiger partial charge on any atom is 0.222 e. The third kappa shape index (κ3) is 4.82. The van der Waals surface area contributed by atoms with Crippen LogP contribution in [0.2, 0.25) is 0 Å². The van der Waals surface area contributed by atoms with Crippen molar-refractivity contribution in [2.75, 3.05) is 36.0 Å². The number of hydrogen-bond acceptors (Lipinski definition) is 6. The fourth-order valence-electron chi connectivity index (χ4n) is 3.86. The lowest BCUT2D eigenvalue weighted by molar-refractivity contribution is -0.121. The van der Waals surface area contributed by atoms with Gasteiger partial charge in [-0.05, 0) is 24.6 Å². The quantitative estimate of drug-likeness (QED) is 0.762. The Kier molecular flexibility index (Phi) is 5.88. The first-order valence-corrected chi connectivity index (χ1v) is 10.1. The standard InChI is InChI=1S/C21H26N6O2/c28-19-7-6-17(25-19)14-20(29)24-15-16-4-3-9-23-21(16)27-12-10-26(11-13-27)18-5-1-2-8-22-18/h1-5,8-9,17H,6-7,10-15H2,(H,24,29)(H,25,28)/t17-/m1/s1. The van der Waals surface area contributed by atoms with Crippen molar-refractivity contribution in [1.82, 2.24) is 20.6 Å². The Bertz CT molecular complexity index is 851. The third-order valence-electron chi connectivity index (χ3n) is 5.41. The molecular formula is C21H26N6O2. The van der Waals surface area contributed by atoms with Gasteiger partial charge < -0.3 is 20.4 Å². The van der Waals surface area contributed by atoms with Gasteiger partial charge in [0, 0.05) is 69.6 Å². The summed E-state index contributed by atoms with van der Waals surface area (Å²) in [6.45, 7) is 3.88. The van der Waals surface area contributed by atoms with Crippen LogP contribution in [0.25, 0.3) is 0 Å². The predicted octanol–water partition coefficient (Wildman–Crippen LogP) is 1.09. The molecule has 2 N–H and O–H groups in total. The number of nitrogens with one attached hydrogen (secondary N) is 2. The van der Waals surface area contributed by atoms with E-state index in [-0.39, 0.29) is 17.9 Å². The molecule has 152 valence electrons. The number of nitrogens with zero attached hydrogens (tertiary/aromatic N) is 4. The minimum Gasteiger partial charge on any atom is -0.353 e. The van der Waals surface area contributed by atoms with E-state index in [9.17, 15) is 9.59 Å². The van der Waals surface area contributed by atoms with Crippen LogP contribution >= 0.6 is 0 Å². The zero-order valence-corrected chi connectivity index (χ0v) is 16.4. The van der Waals surface area contributed by atoms with Crippen LogP contribution in [0.3, 0.4) is 0 Å². The van der Waals surface area contributed by atoms with Crippen LogP contribution in [0.5, 0.6) is 0 Å². The van der Waals surface area contributed by atoms with Gasteiger partial charge in [0.1, 0.15) is 11.6 Å². The molecule has 0 aliphatic carbocycles.